The quantitative estimate of drug-likeness (QED) is 0.325. The molecule has 8 fully saturated rings. The molecular formula is C34H54N10O8. The molecule has 8 rings (SSSR count). The molecule has 0 aliphatic carbocycles. The maximum Gasteiger partial charge on any atom is 0.327 e. The monoisotopic (exact) mass is 730 g/mol. The van der Waals surface area contributed by atoms with E-state index in [2.05, 4.69) is 10.6 Å². The lowest BCUT2D eigenvalue weighted by Gasteiger charge is -2.36. The first-order chi connectivity index (χ1) is 24.3. The highest BCUT2D eigenvalue weighted by molar-refractivity contribution is 6.08. The summed E-state index contributed by atoms with van der Waals surface area (Å²) in [6, 6.07) is -0.609. The number of carbonyl (C=O) groups excluding carboxylic acids is 8. The van der Waals surface area contributed by atoms with Crippen LogP contribution in [0.5, 0.6) is 0 Å². The Hall–Kier alpha value is -4.32. The highest BCUT2D eigenvalue weighted by Gasteiger charge is 2.56. The fraction of sp³-hybridized carbons (Fsp3) is 0.765. The molecule has 8 heterocycles. The van der Waals surface area contributed by atoms with Crippen LogP contribution in [0.1, 0.15) is 66.2 Å². The molecule has 0 saturated carbocycles. The number of amides is 12. The van der Waals surface area contributed by atoms with Crippen LogP contribution in [0.15, 0.2) is 0 Å². The summed E-state index contributed by atoms with van der Waals surface area (Å²) >= 11 is 0. The van der Waals surface area contributed by atoms with Gasteiger partial charge in [0.2, 0.25) is 0 Å². The van der Waals surface area contributed by atoms with Crippen LogP contribution in [0.4, 0.5) is 19.2 Å². The Labute approximate surface area is 304 Å². The van der Waals surface area contributed by atoms with E-state index in [9.17, 15) is 38.4 Å². The molecule has 4 atom stereocenters. The smallest absolute Gasteiger partial charge is 0.312 e. The molecule has 8 aliphatic heterocycles. The standard InChI is InChI=1S/2C9H14N2O2.2C8H13N3O2/c2*1-9-5-3-4-6-11(9)8(13)10(2)7(9)12;2*1-8-5-9-3-4-11(8)7(13)10(2)6(8)12/h2*3-6H2,1-2H3;2*9H,3-5H2,1-2H3/t9-;;8-;/m0.0./s1. The van der Waals surface area contributed by atoms with Crippen LogP contribution in [0.25, 0.3) is 0 Å². The van der Waals surface area contributed by atoms with Gasteiger partial charge in [0.05, 0.1) is 0 Å². The molecule has 0 bridgehead atoms. The summed E-state index contributed by atoms with van der Waals surface area (Å²) in [5.41, 5.74) is -2.37. The molecule has 0 aromatic rings. The van der Waals surface area contributed by atoms with Gasteiger partial charge in [-0.1, -0.05) is 0 Å². The number of urea groups is 4. The molecule has 2 unspecified atom stereocenters. The number of likely N-dealkylation sites (N-methyl/N-ethyl adjacent to an activating group) is 4. The second kappa shape index (κ2) is 13.9. The molecule has 8 aliphatic rings. The van der Waals surface area contributed by atoms with Gasteiger partial charge in [-0.05, 0) is 66.2 Å². The Bertz CT molecular complexity index is 1340. The van der Waals surface area contributed by atoms with Crippen molar-refractivity contribution in [3.05, 3.63) is 0 Å². The van der Waals surface area contributed by atoms with E-state index in [4.69, 9.17) is 0 Å². The summed E-state index contributed by atoms with van der Waals surface area (Å²) in [4.78, 5) is 105. The topological polar surface area (TPSA) is 187 Å². The van der Waals surface area contributed by atoms with Crippen molar-refractivity contribution >= 4 is 47.8 Å². The van der Waals surface area contributed by atoms with Gasteiger partial charge in [0.25, 0.3) is 23.6 Å². The van der Waals surface area contributed by atoms with E-state index >= 15 is 0 Å². The van der Waals surface area contributed by atoms with Crippen molar-refractivity contribution in [1.82, 2.24) is 49.8 Å². The summed E-state index contributed by atoms with van der Waals surface area (Å²) < 4.78 is 0. The third-order valence-corrected chi connectivity index (χ3v) is 12.1. The number of piperidine rings is 2. The molecule has 18 heteroatoms. The first-order valence-electron chi connectivity index (χ1n) is 18.1. The molecule has 8 saturated heterocycles. The van der Waals surface area contributed by atoms with Crippen molar-refractivity contribution < 1.29 is 38.4 Å². The number of hydrogen-bond acceptors (Lipinski definition) is 10. The lowest BCUT2D eigenvalue weighted by atomic mass is 9.89. The second-order valence-corrected chi connectivity index (χ2v) is 15.6. The Morgan fingerprint density at radius 1 is 0.404 bits per heavy atom. The summed E-state index contributed by atoms with van der Waals surface area (Å²) in [6.07, 6.45) is 5.73. The molecule has 52 heavy (non-hydrogen) atoms. The summed E-state index contributed by atoms with van der Waals surface area (Å²) in [7, 11) is 6.20. The van der Waals surface area contributed by atoms with Crippen molar-refractivity contribution in [3.8, 4) is 0 Å². The molecule has 288 valence electrons. The average Bonchev–Trinajstić information content (AvgIpc) is 3.59. The Morgan fingerprint density at radius 2 is 0.673 bits per heavy atom. The Balaban J connectivity index is 0.000000134. The predicted molar refractivity (Wildman–Crippen MR) is 187 cm³/mol. The van der Waals surface area contributed by atoms with Gasteiger partial charge in [-0.2, -0.15) is 0 Å². The van der Waals surface area contributed by atoms with E-state index in [1.807, 2.05) is 27.7 Å². The number of carbonyl (C=O) groups is 8. The SMILES string of the molecule is CN1C(=O)N2CCCCC2(C)C1=O.CN1C(=O)N2CCCC[C@@]2(C)C1=O.CN1C(=O)N2CCNCC2(C)C1=O.CN1C(=O)N2CCNC[C@@]2(C)C1=O. The first kappa shape index (κ1) is 38.9. The molecule has 2 N–H and O–H groups in total. The van der Waals surface area contributed by atoms with Crippen LogP contribution in [-0.4, -0.2) is 190 Å². The lowest BCUT2D eigenvalue weighted by Crippen LogP contribution is -2.59. The van der Waals surface area contributed by atoms with Crippen molar-refractivity contribution in [2.75, 3.05) is 80.5 Å². The minimum atomic E-state index is -0.649. The number of hydrogen-bond donors (Lipinski definition) is 2. The van der Waals surface area contributed by atoms with Crippen molar-refractivity contribution in [2.24, 2.45) is 0 Å². The zero-order valence-corrected chi connectivity index (χ0v) is 31.7. The van der Waals surface area contributed by atoms with Crippen LogP contribution in [0, 0.1) is 0 Å². The van der Waals surface area contributed by atoms with E-state index in [1.165, 1.54) is 33.7 Å². The molecule has 0 aromatic carbocycles. The minimum absolute atomic E-state index is 0.0443. The first-order valence-corrected chi connectivity index (χ1v) is 18.1. The van der Waals surface area contributed by atoms with Gasteiger partial charge >= 0.3 is 24.1 Å². The van der Waals surface area contributed by atoms with E-state index < -0.39 is 22.2 Å². The third kappa shape index (κ3) is 5.96. The zero-order valence-electron chi connectivity index (χ0n) is 31.7. The molecular weight excluding hydrogens is 676 g/mol. The van der Waals surface area contributed by atoms with Gasteiger partial charge in [-0.25, -0.2) is 19.2 Å². The molecule has 0 radical (unpaired) electrons. The third-order valence-electron chi connectivity index (χ3n) is 12.1. The average molecular weight is 731 g/mol. The number of piperazine rings is 2. The highest BCUT2D eigenvalue weighted by atomic mass is 16.2. The summed E-state index contributed by atoms with van der Waals surface area (Å²) in [6.45, 7) is 12.7. The number of nitrogens with zero attached hydrogens (tertiary/aromatic N) is 8. The van der Waals surface area contributed by atoms with Crippen LogP contribution in [0.3, 0.4) is 0 Å². The fourth-order valence-electron chi connectivity index (χ4n) is 8.54. The van der Waals surface area contributed by atoms with Crippen molar-refractivity contribution in [2.45, 2.75) is 88.4 Å². The van der Waals surface area contributed by atoms with E-state index in [0.717, 1.165) is 64.7 Å². The van der Waals surface area contributed by atoms with E-state index in [1.54, 1.807) is 33.7 Å². The summed E-state index contributed by atoms with van der Waals surface area (Å²) in [5.74, 6) is -0.302. The molecule has 18 nitrogen and oxygen atoms in total. The van der Waals surface area contributed by atoms with Gasteiger partial charge < -0.3 is 30.2 Å². The zero-order chi connectivity index (χ0) is 38.6. The fourth-order valence-corrected chi connectivity index (χ4v) is 8.54. The highest BCUT2D eigenvalue weighted by Crippen LogP contribution is 2.36. The largest absolute Gasteiger partial charge is 0.327 e. The predicted octanol–water partition coefficient (Wildman–Crippen LogP) is 0.131. The van der Waals surface area contributed by atoms with E-state index in [-0.39, 0.29) is 47.8 Å². The lowest BCUT2D eigenvalue weighted by molar-refractivity contribution is -0.133. The number of imide groups is 4. The van der Waals surface area contributed by atoms with Gasteiger partial charge in [0.1, 0.15) is 22.2 Å². The maximum atomic E-state index is 11.7. The van der Waals surface area contributed by atoms with Crippen LogP contribution in [-0.2, 0) is 19.2 Å². The second-order valence-electron chi connectivity index (χ2n) is 15.6. The van der Waals surface area contributed by atoms with Crippen molar-refractivity contribution in [1.29, 1.82) is 0 Å². The van der Waals surface area contributed by atoms with Gasteiger partial charge in [-0.15, -0.1) is 0 Å². The van der Waals surface area contributed by atoms with Gasteiger partial charge in [-0.3, -0.25) is 38.8 Å². The maximum absolute atomic E-state index is 11.7. The van der Waals surface area contributed by atoms with Crippen molar-refractivity contribution in [3.63, 3.8) is 0 Å². The molecule has 0 aromatic heterocycles. The van der Waals surface area contributed by atoms with Gasteiger partial charge in [0, 0.05) is 80.5 Å². The number of nitrogens with one attached hydrogen (secondary N) is 2. The Morgan fingerprint density at radius 3 is 0.942 bits per heavy atom. The minimum Gasteiger partial charge on any atom is -0.312 e. The Kier molecular flexibility index (Phi) is 10.4. The molecule has 12 amide bonds. The van der Waals surface area contributed by atoms with Crippen LogP contribution < -0.4 is 10.6 Å². The van der Waals surface area contributed by atoms with Crippen LogP contribution >= 0.6 is 0 Å². The molecule has 0 spiro atoms. The normalized spacial score (nSPS) is 34.0. The van der Waals surface area contributed by atoms with E-state index in [0.29, 0.717) is 26.2 Å². The summed E-state index contributed by atoms with van der Waals surface area (Å²) in [5, 5.41) is 6.25. The number of rotatable bonds is 0. The number of fused-ring (bicyclic) bond motifs is 4. The van der Waals surface area contributed by atoms with Gasteiger partial charge in [0.15, 0.2) is 0 Å². The van der Waals surface area contributed by atoms with Crippen LogP contribution in [0.2, 0.25) is 0 Å².